The first-order valence-corrected chi connectivity index (χ1v) is 45.9. The summed E-state index contributed by atoms with van der Waals surface area (Å²) >= 11 is 0. The summed E-state index contributed by atoms with van der Waals surface area (Å²) in [5.74, 6) is -3.09. The van der Waals surface area contributed by atoms with Gasteiger partial charge in [0, 0.05) is 97.3 Å². The highest BCUT2D eigenvalue weighted by molar-refractivity contribution is 7.91. The molecule has 132 heavy (non-hydrogen) atoms. The van der Waals surface area contributed by atoms with Crippen LogP contribution in [0.4, 0.5) is 11.4 Å². The summed E-state index contributed by atoms with van der Waals surface area (Å²) in [6.45, 7) is 12.2. The topological polar surface area (TPSA) is 458 Å². The first kappa shape index (κ1) is 96.0. The molecular formula is C93H107N11O26S2. The lowest BCUT2D eigenvalue weighted by Crippen LogP contribution is -2.60. The van der Waals surface area contributed by atoms with Gasteiger partial charge in [-0.3, -0.25) is 34.0 Å². The zero-order valence-electron chi connectivity index (χ0n) is 74.2. The van der Waals surface area contributed by atoms with Crippen molar-refractivity contribution in [1.29, 1.82) is 0 Å². The average molecular weight is 1860 g/mol. The molecule has 7 heterocycles. The minimum absolute atomic E-state index is 0.0209. The van der Waals surface area contributed by atoms with Crippen LogP contribution in [0.25, 0.3) is 0 Å². The number of aliphatic hydroxyl groups is 4. The Morgan fingerprint density at radius 2 is 1.19 bits per heavy atom. The molecule has 14 rings (SSSR count). The van der Waals surface area contributed by atoms with Crippen LogP contribution in [0.2, 0.25) is 0 Å². The van der Waals surface area contributed by atoms with Crippen molar-refractivity contribution in [1.82, 2.24) is 45.0 Å². The van der Waals surface area contributed by atoms with Crippen molar-refractivity contribution >= 4 is 73.5 Å². The van der Waals surface area contributed by atoms with Crippen molar-refractivity contribution in [2.24, 2.45) is 27.9 Å². The van der Waals surface area contributed by atoms with E-state index in [0.717, 1.165) is 40.2 Å². The number of nitrogens with one attached hydrogen (secondary N) is 2. The Morgan fingerprint density at radius 1 is 0.591 bits per heavy atom. The van der Waals surface area contributed by atoms with E-state index in [2.05, 4.69) is 25.9 Å². The van der Waals surface area contributed by atoms with E-state index in [9.17, 15) is 61.2 Å². The second kappa shape index (κ2) is 42.6. The predicted molar refractivity (Wildman–Crippen MR) is 477 cm³/mol. The van der Waals surface area contributed by atoms with E-state index >= 15 is 0 Å². The van der Waals surface area contributed by atoms with Crippen molar-refractivity contribution in [3.05, 3.63) is 219 Å². The lowest BCUT2D eigenvalue weighted by Gasteiger charge is -2.39. The van der Waals surface area contributed by atoms with E-state index in [4.69, 9.17) is 70.5 Å². The molecule has 702 valence electrons. The number of nitrogens with zero attached hydrogens (tertiary/aromatic N) is 9. The largest absolute Gasteiger partial charge is 0.501 e. The van der Waals surface area contributed by atoms with Crippen molar-refractivity contribution < 1.29 is 122 Å². The average Bonchev–Trinajstić information content (AvgIpc) is 1.58. The monoisotopic (exact) mass is 1860 g/mol. The molecule has 0 radical (unpaired) electrons. The highest BCUT2D eigenvalue weighted by atomic mass is 32.3. The van der Waals surface area contributed by atoms with Crippen molar-refractivity contribution in [2.75, 3.05) is 99.1 Å². The van der Waals surface area contributed by atoms with E-state index in [1.165, 1.54) is 62.8 Å². The Hall–Kier alpha value is -12.1. The normalized spacial score (nSPS) is 18.2. The number of sulfone groups is 1. The molecule has 6 N–H and O–H groups in total. The number of hydrogen-bond donors (Lipinski definition) is 6. The molecule has 5 aliphatic rings. The summed E-state index contributed by atoms with van der Waals surface area (Å²) in [4.78, 5) is 86.1. The summed E-state index contributed by atoms with van der Waals surface area (Å²) in [6, 6.07) is 33.8. The fourth-order valence-electron chi connectivity index (χ4n) is 15.3. The molecule has 1 saturated heterocycles. The van der Waals surface area contributed by atoms with Gasteiger partial charge in [0.25, 0.3) is 23.6 Å². The summed E-state index contributed by atoms with van der Waals surface area (Å²) in [5.41, 5.74) is 6.91. The smallest absolute Gasteiger partial charge is 0.493 e. The number of carbonyl (C=O) groups is 5. The van der Waals surface area contributed by atoms with Crippen molar-refractivity contribution in [3.63, 3.8) is 0 Å². The number of aliphatic hydroxyl groups excluding tert-OH is 4. The Morgan fingerprint density at radius 3 is 1.85 bits per heavy atom. The van der Waals surface area contributed by atoms with Crippen molar-refractivity contribution in [3.8, 4) is 40.2 Å². The van der Waals surface area contributed by atoms with Gasteiger partial charge in [0.15, 0.2) is 50.1 Å². The van der Waals surface area contributed by atoms with E-state index in [0.29, 0.717) is 98.2 Å². The number of fused-ring (bicyclic) bond motifs is 6. The quantitative estimate of drug-likeness (QED) is 0.0159. The second-order valence-electron chi connectivity index (χ2n) is 34.1. The lowest BCUT2D eigenvalue weighted by atomic mass is 9.93. The number of aryl methyl sites for hydroxylation is 2. The van der Waals surface area contributed by atoms with Gasteiger partial charge in [-0.1, -0.05) is 87.0 Å². The van der Waals surface area contributed by atoms with Crippen LogP contribution in [0.3, 0.4) is 0 Å². The zero-order chi connectivity index (χ0) is 93.6. The molecule has 0 spiro atoms. The number of hydrogen-bond acceptors (Lipinski definition) is 31. The van der Waals surface area contributed by atoms with Crippen LogP contribution in [-0.2, 0) is 108 Å². The molecule has 37 nitrogen and oxygen atoms in total. The van der Waals surface area contributed by atoms with Crippen LogP contribution >= 0.6 is 0 Å². The molecule has 1 unspecified atom stereocenters. The van der Waals surface area contributed by atoms with Crippen LogP contribution in [0.1, 0.15) is 131 Å². The first-order valence-electron chi connectivity index (χ1n) is 42.9. The van der Waals surface area contributed by atoms with E-state index in [1.807, 2.05) is 70.5 Å². The maximum atomic E-state index is 14.6. The first-order chi connectivity index (χ1) is 63.3. The van der Waals surface area contributed by atoms with Crippen LogP contribution in [0.15, 0.2) is 161 Å². The Balaban J connectivity index is 0.547. The van der Waals surface area contributed by atoms with Gasteiger partial charge >= 0.3 is 10.4 Å². The predicted octanol–water partition coefficient (Wildman–Crippen LogP) is 7.48. The third-order valence-electron chi connectivity index (χ3n) is 22.6. The standard InChI is InChI=1S/C93H107N11O26S2/c1-57-13-20-69(21-14-57)131(114,115)32-23-76(106)60-15-17-61(18-16-60)87(110)97-52-92(2,3)53-124-55-93(4,5)54-123-51-65-46-102(100-99-65)25-27-121-29-31-122-30-28-120-26-24-94-88(111)63-19-22-77(127-91-86(109)85(108)84(107)83(48-105)128-91)82(37-63)130-132(116,117)129-68-34-58(49-125-80-41-72-70(39-78(80)118-7)89(112)103-45-64-12-10-9-11-62(64)36-66(103)43-95-72)33-59(35-68)50-126-81-42-73-71(40-79(81)119-8)90(113)104-47-74-75(101(6)56-98-74)38-67(104)44-96-73/h9-22,33-35,37,39-44,46,56,66-67,83-86,91,105,107-109H,23-32,36,38,45,47-55H2,1-8H3,(H,94,111)(H,97,110)/t66-,67?,83+,84-,85-,86+,91+/m0/s1. The summed E-state index contributed by atoms with van der Waals surface area (Å²) in [7, 11) is -4.25. The minimum Gasteiger partial charge on any atom is -0.493 e. The number of aromatic nitrogens is 5. The summed E-state index contributed by atoms with van der Waals surface area (Å²) in [5, 5.41) is 56.4. The van der Waals surface area contributed by atoms with Gasteiger partial charge in [0.1, 0.15) is 49.1 Å². The molecule has 0 aliphatic carbocycles. The zero-order valence-corrected chi connectivity index (χ0v) is 75.9. The fraction of sp³-hybridized carbons (Fsp3) is 0.419. The number of benzene rings is 7. The van der Waals surface area contributed by atoms with E-state index < -0.39 is 80.4 Å². The number of amides is 4. The SMILES string of the molecule is COc1cc2c(cc1OCc1cc(COc3cc4c(cc3OC)C(=O)N3Cc5ccccc5C[C@H]3C=N4)cc(OS(=O)(=O)Oc3cc(C(=O)NCCOCCOCCOCCn4cc(COCC(C)(C)COCC(C)(C)CNC(=O)c5ccc(C(=O)CCS(=O)(=O)c6ccc(C)cc6)cc5)nn4)ccc3O[C@@H]3O[C@H](CO)[C@H](O)[C@H](O)[C@H]3O)c1)N=CC1Cc3c(ncn3C)CN1C2=O. The maximum Gasteiger partial charge on any atom is 0.501 e. The Kier molecular flexibility index (Phi) is 31.0. The maximum absolute atomic E-state index is 14.6. The molecule has 2 aromatic heterocycles. The van der Waals surface area contributed by atoms with Crippen LogP contribution in [-0.4, -0.2) is 255 Å². The van der Waals surface area contributed by atoms with Gasteiger partial charge in [-0.15, -0.1) is 13.5 Å². The number of methoxy groups -OCH3 is 2. The van der Waals surface area contributed by atoms with Gasteiger partial charge in [-0.05, 0) is 108 Å². The highest BCUT2D eigenvalue weighted by Gasteiger charge is 2.46. The number of imidazole rings is 1. The van der Waals surface area contributed by atoms with Gasteiger partial charge in [-0.2, -0.15) is 0 Å². The molecule has 0 bridgehead atoms. The Bertz CT molecular complexity index is 5950. The highest BCUT2D eigenvalue weighted by Crippen LogP contribution is 2.43. The molecule has 7 atom stereocenters. The number of carbonyl (C=O) groups excluding carboxylic acids is 5. The van der Waals surface area contributed by atoms with Gasteiger partial charge in [0.2, 0.25) is 6.29 Å². The van der Waals surface area contributed by atoms with E-state index in [1.54, 1.807) is 88.0 Å². The number of rotatable bonds is 44. The molecule has 0 saturated carbocycles. The van der Waals surface area contributed by atoms with Crippen molar-refractivity contribution in [2.45, 2.75) is 141 Å². The molecule has 9 aromatic rings. The number of ketones is 1. The molecular weight excluding hydrogens is 1750 g/mol. The van der Waals surface area contributed by atoms with Crippen LogP contribution < -0.4 is 42.7 Å². The minimum atomic E-state index is -5.34. The third-order valence-corrected chi connectivity index (χ3v) is 25.1. The van der Waals surface area contributed by atoms with Gasteiger partial charge < -0.3 is 106 Å². The van der Waals surface area contributed by atoms with Gasteiger partial charge in [-0.25, -0.2) is 18.1 Å². The fourth-order valence-corrected chi connectivity index (χ4v) is 17.3. The van der Waals surface area contributed by atoms with Gasteiger partial charge in [0.05, 0.1) is 163 Å². The number of ether oxygens (including phenoxy) is 11. The molecule has 5 aliphatic heterocycles. The second-order valence-corrected chi connectivity index (χ2v) is 37.3. The number of aliphatic imine (C=N–C) groups is 2. The third kappa shape index (κ3) is 24.2. The summed E-state index contributed by atoms with van der Waals surface area (Å²) < 4.78 is 135. The molecule has 39 heteroatoms. The lowest BCUT2D eigenvalue weighted by molar-refractivity contribution is -0.277. The molecule has 7 aromatic carbocycles. The summed E-state index contributed by atoms with van der Waals surface area (Å²) in [6.07, 6.45) is -1.17. The van der Waals surface area contributed by atoms with Crippen LogP contribution in [0, 0.1) is 17.8 Å². The van der Waals surface area contributed by atoms with E-state index in [-0.39, 0.29) is 169 Å². The molecule has 4 amide bonds. The number of Topliss-reactive ketones (excluding diaryl/α,β-unsaturated/α-hetero) is 1. The van der Waals surface area contributed by atoms with Crippen LogP contribution in [0.5, 0.6) is 40.2 Å². The Labute approximate surface area is 763 Å². The molecule has 1 fully saturated rings.